The lowest BCUT2D eigenvalue weighted by Crippen LogP contribution is -2.29. The van der Waals surface area contributed by atoms with Crippen molar-refractivity contribution in [2.75, 3.05) is 9.80 Å². The Kier molecular flexibility index (Phi) is 6.64. The van der Waals surface area contributed by atoms with Gasteiger partial charge in [-0.1, -0.05) is 61.9 Å². The van der Waals surface area contributed by atoms with E-state index in [1.54, 1.807) is 24.3 Å². The van der Waals surface area contributed by atoms with Crippen LogP contribution < -0.4 is 9.80 Å². The highest BCUT2D eigenvalue weighted by atomic mass is 16.2. The summed E-state index contributed by atoms with van der Waals surface area (Å²) in [4.78, 5) is 50.7. The minimum Gasteiger partial charge on any atom is -0.269 e. The predicted octanol–water partition coefficient (Wildman–Crippen LogP) is 5.07. The molecule has 2 heterocycles. The van der Waals surface area contributed by atoms with E-state index in [1.807, 2.05) is 24.3 Å². The number of carbonyl (C=O) groups is 4. The molecule has 3 aromatic rings. The van der Waals surface area contributed by atoms with E-state index in [1.165, 1.54) is 29.9 Å². The van der Waals surface area contributed by atoms with Gasteiger partial charge in [-0.25, -0.2) is 9.80 Å². The predicted molar refractivity (Wildman–Crippen MR) is 142 cm³/mol. The molecule has 0 radical (unpaired) electrons. The largest absolute Gasteiger partial charge is 0.269 e. The second-order valence-corrected chi connectivity index (χ2v) is 9.15. The van der Waals surface area contributed by atoms with Gasteiger partial charge in [-0.05, 0) is 59.4 Å². The number of hydrogen-bond acceptors (Lipinski definition) is 4. The first-order chi connectivity index (χ1) is 18.0. The van der Waals surface area contributed by atoms with Crippen LogP contribution in [0, 0.1) is 0 Å². The molecule has 37 heavy (non-hydrogen) atoms. The van der Waals surface area contributed by atoms with Gasteiger partial charge in [0.2, 0.25) is 0 Å². The van der Waals surface area contributed by atoms with E-state index in [0.717, 1.165) is 45.8 Å². The van der Waals surface area contributed by atoms with Crippen LogP contribution in [0.1, 0.15) is 47.9 Å². The van der Waals surface area contributed by atoms with Gasteiger partial charge in [-0.3, -0.25) is 19.2 Å². The minimum atomic E-state index is -0.354. The van der Waals surface area contributed by atoms with Crippen LogP contribution in [-0.4, -0.2) is 23.6 Å². The quantitative estimate of drug-likeness (QED) is 0.326. The molecule has 0 N–H and O–H groups in total. The smallest absolute Gasteiger partial charge is 0.258 e. The van der Waals surface area contributed by atoms with Crippen LogP contribution in [0.4, 0.5) is 11.4 Å². The molecule has 0 spiro atoms. The maximum absolute atomic E-state index is 12.1. The zero-order valence-corrected chi connectivity index (χ0v) is 20.5. The number of carbonyl (C=O) groups excluding carboxylic acids is 4. The van der Waals surface area contributed by atoms with Gasteiger partial charge in [0.25, 0.3) is 23.6 Å². The lowest BCUT2D eigenvalue weighted by molar-refractivity contribution is -0.121. The van der Waals surface area contributed by atoms with Crippen molar-refractivity contribution in [1.82, 2.24) is 0 Å². The van der Waals surface area contributed by atoms with Crippen molar-refractivity contribution >= 4 is 35.0 Å². The van der Waals surface area contributed by atoms with Gasteiger partial charge in [0.05, 0.1) is 11.4 Å². The molecule has 0 saturated carbocycles. The van der Waals surface area contributed by atoms with E-state index in [0.29, 0.717) is 11.4 Å². The highest BCUT2D eigenvalue weighted by Crippen LogP contribution is 2.35. The molecule has 0 aromatic heterocycles. The van der Waals surface area contributed by atoms with E-state index in [2.05, 4.69) is 31.2 Å². The average molecular weight is 491 g/mol. The molecule has 0 aliphatic carbocycles. The van der Waals surface area contributed by atoms with Gasteiger partial charge in [0, 0.05) is 30.2 Å². The van der Waals surface area contributed by atoms with Crippen molar-refractivity contribution in [2.24, 2.45) is 0 Å². The van der Waals surface area contributed by atoms with Crippen LogP contribution in [0.5, 0.6) is 0 Å². The normalized spacial score (nSPS) is 15.1. The van der Waals surface area contributed by atoms with E-state index in [-0.39, 0.29) is 29.5 Å². The van der Waals surface area contributed by atoms with E-state index in [4.69, 9.17) is 0 Å². The fraction of sp³-hybridized carbons (Fsp3) is 0.161. The van der Waals surface area contributed by atoms with E-state index < -0.39 is 0 Å². The van der Waals surface area contributed by atoms with Gasteiger partial charge >= 0.3 is 0 Å². The van der Waals surface area contributed by atoms with Crippen molar-refractivity contribution in [3.63, 3.8) is 0 Å². The standard InChI is InChI=1S/C31H26N2O4/c1-2-3-4-21-5-7-22(8-6-21)31(23-9-13-25(14-10-23)32-27(34)17-18-28(32)35)24-11-15-26(16-12-24)33-29(36)19-20-30(33)37/h5-20,31H,2-4H2,1H3. The number of unbranched alkanes of at least 4 members (excludes halogenated alkanes) is 1. The molecule has 0 saturated heterocycles. The van der Waals surface area contributed by atoms with Crippen molar-refractivity contribution in [3.05, 3.63) is 119 Å². The summed E-state index contributed by atoms with van der Waals surface area (Å²) in [6.07, 6.45) is 8.38. The fourth-order valence-corrected chi connectivity index (χ4v) is 4.78. The lowest BCUT2D eigenvalue weighted by atomic mass is 9.84. The molecule has 0 fully saturated rings. The van der Waals surface area contributed by atoms with Crippen LogP contribution in [0.2, 0.25) is 0 Å². The second kappa shape index (κ2) is 10.2. The number of imide groups is 2. The molecule has 5 rings (SSSR count). The molecule has 6 heteroatoms. The third-order valence-corrected chi connectivity index (χ3v) is 6.72. The van der Waals surface area contributed by atoms with Crippen LogP contribution in [0.25, 0.3) is 0 Å². The van der Waals surface area contributed by atoms with Crippen LogP contribution in [0.3, 0.4) is 0 Å². The Bertz CT molecular complexity index is 1300. The monoisotopic (exact) mass is 490 g/mol. The Hall–Kier alpha value is -4.58. The molecule has 0 bridgehead atoms. The highest BCUT2D eigenvalue weighted by Gasteiger charge is 2.27. The van der Waals surface area contributed by atoms with Gasteiger partial charge in [-0.15, -0.1) is 0 Å². The summed E-state index contributed by atoms with van der Waals surface area (Å²) < 4.78 is 0. The molecule has 3 aromatic carbocycles. The molecule has 6 nitrogen and oxygen atoms in total. The molecule has 2 aliphatic rings. The van der Waals surface area contributed by atoms with Crippen molar-refractivity contribution < 1.29 is 19.2 Å². The Morgan fingerprint density at radius 1 is 0.541 bits per heavy atom. The van der Waals surface area contributed by atoms with Crippen LogP contribution >= 0.6 is 0 Å². The first-order valence-electron chi connectivity index (χ1n) is 12.4. The Morgan fingerprint density at radius 3 is 1.24 bits per heavy atom. The summed E-state index contributed by atoms with van der Waals surface area (Å²) in [7, 11) is 0. The zero-order chi connectivity index (χ0) is 25.9. The fourth-order valence-electron chi connectivity index (χ4n) is 4.78. The highest BCUT2D eigenvalue weighted by molar-refractivity contribution is 6.28. The minimum absolute atomic E-state index is 0.130. The molecular weight excluding hydrogens is 464 g/mol. The number of anilines is 2. The summed E-state index contributed by atoms with van der Waals surface area (Å²) in [6.45, 7) is 2.18. The molecule has 0 atom stereocenters. The van der Waals surface area contributed by atoms with Crippen molar-refractivity contribution in [1.29, 1.82) is 0 Å². The summed E-state index contributed by atoms with van der Waals surface area (Å²) in [5, 5.41) is 0. The summed E-state index contributed by atoms with van der Waals surface area (Å²) in [5.74, 6) is -1.54. The number of nitrogens with zero attached hydrogens (tertiary/aromatic N) is 2. The third kappa shape index (κ3) is 4.78. The summed E-state index contributed by atoms with van der Waals surface area (Å²) >= 11 is 0. The molecule has 184 valence electrons. The van der Waals surface area contributed by atoms with Gasteiger partial charge in [0.1, 0.15) is 0 Å². The average Bonchev–Trinajstić information content (AvgIpc) is 3.44. The SMILES string of the molecule is CCCCc1ccc(C(c2ccc(N3C(=O)C=CC3=O)cc2)c2ccc(N3C(=O)C=CC3=O)cc2)cc1. The Balaban J connectivity index is 1.49. The molecular formula is C31H26N2O4. The van der Waals surface area contributed by atoms with Crippen molar-refractivity contribution in [2.45, 2.75) is 32.1 Å². The number of aryl methyl sites for hydroxylation is 1. The number of hydrogen-bond donors (Lipinski definition) is 0. The topological polar surface area (TPSA) is 74.8 Å². The summed E-state index contributed by atoms with van der Waals surface area (Å²) in [5.41, 5.74) is 5.38. The van der Waals surface area contributed by atoms with Gasteiger partial charge in [0.15, 0.2) is 0 Å². The first kappa shape index (κ1) is 24.1. The maximum atomic E-state index is 12.1. The molecule has 0 unspecified atom stereocenters. The van der Waals surface area contributed by atoms with Gasteiger partial charge in [-0.2, -0.15) is 0 Å². The molecule has 2 aliphatic heterocycles. The third-order valence-electron chi connectivity index (χ3n) is 6.72. The van der Waals surface area contributed by atoms with Crippen LogP contribution in [-0.2, 0) is 25.6 Å². The van der Waals surface area contributed by atoms with Crippen molar-refractivity contribution in [3.8, 4) is 0 Å². The molecule has 4 amide bonds. The van der Waals surface area contributed by atoms with E-state index in [9.17, 15) is 19.2 Å². The van der Waals surface area contributed by atoms with Crippen LogP contribution in [0.15, 0.2) is 97.1 Å². The number of rotatable bonds is 8. The van der Waals surface area contributed by atoms with Gasteiger partial charge < -0.3 is 0 Å². The lowest BCUT2D eigenvalue weighted by Gasteiger charge is -2.22. The maximum Gasteiger partial charge on any atom is 0.258 e. The Morgan fingerprint density at radius 2 is 0.892 bits per heavy atom. The Labute approximate surface area is 215 Å². The number of amides is 4. The first-order valence-corrected chi connectivity index (χ1v) is 12.4. The number of benzene rings is 3. The van der Waals surface area contributed by atoms with E-state index >= 15 is 0 Å². The summed E-state index contributed by atoms with van der Waals surface area (Å²) in [6, 6.07) is 23.4. The second-order valence-electron chi connectivity index (χ2n) is 9.15. The zero-order valence-electron chi connectivity index (χ0n) is 20.5.